The Morgan fingerprint density at radius 1 is 1.21 bits per heavy atom. The van der Waals surface area contributed by atoms with Crippen LogP contribution in [-0.4, -0.2) is 20.4 Å². The van der Waals surface area contributed by atoms with Crippen molar-refractivity contribution >= 4 is 23.2 Å². The zero-order valence-corrected chi connectivity index (χ0v) is 13.3. The van der Waals surface area contributed by atoms with Crippen molar-refractivity contribution in [3.05, 3.63) is 60.0 Å². The molecule has 0 aliphatic carbocycles. The highest BCUT2D eigenvalue weighted by Crippen LogP contribution is 2.27. The van der Waals surface area contributed by atoms with Crippen LogP contribution in [0.2, 0.25) is 0 Å². The molecule has 2 aromatic heterocycles. The molecule has 1 amide bonds. The minimum absolute atomic E-state index is 0.0708. The van der Waals surface area contributed by atoms with E-state index < -0.39 is 0 Å². The zero-order chi connectivity index (χ0) is 16.5. The Hall–Kier alpha value is -3.15. The number of hydrogen-bond acceptors (Lipinski definition) is 4. The van der Waals surface area contributed by atoms with E-state index in [1.165, 1.54) is 0 Å². The Kier molecular flexibility index (Phi) is 3.49. The molecule has 1 aliphatic rings. The van der Waals surface area contributed by atoms with Crippen molar-refractivity contribution in [3.63, 3.8) is 0 Å². The molecule has 0 fully saturated rings. The van der Waals surface area contributed by atoms with Crippen LogP contribution in [0.25, 0.3) is 5.82 Å². The van der Waals surface area contributed by atoms with Crippen molar-refractivity contribution in [2.24, 2.45) is 0 Å². The fourth-order valence-corrected chi connectivity index (χ4v) is 2.82. The Bertz CT molecular complexity index is 902. The second-order valence-corrected chi connectivity index (χ2v) is 5.84. The molecule has 6 nitrogen and oxygen atoms in total. The van der Waals surface area contributed by atoms with Crippen LogP contribution in [0.3, 0.4) is 0 Å². The van der Waals surface area contributed by atoms with Crippen molar-refractivity contribution < 1.29 is 4.79 Å². The largest absolute Gasteiger partial charge is 0.326 e. The average Bonchev–Trinajstić information content (AvgIpc) is 3.11. The van der Waals surface area contributed by atoms with Crippen molar-refractivity contribution in [1.82, 2.24) is 14.5 Å². The number of nitrogens with zero attached hydrogens (tertiary/aromatic N) is 3. The number of carbonyl (C=O) groups excluding carboxylic acids is 1. The first kappa shape index (κ1) is 14.4. The molecule has 0 unspecified atom stereocenters. The van der Waals surface area contributed by atoms with Gasteiger partial charge in [0.1, 0.15) is 5.82 Å². The Morgan fingerprint density at radius 2 is 2.04 bits per heavy atom. The minimum Gasteiger partial charge on any atom is -0.326 e. The molecule has 2 N–H and O–H groups in total. The van der Waals surface area contributed by atoms with Crippen molar-refractivity contribution in [3.8, 4) is 5.82 Å². The number of amides is 1. The van der Waals surface area contributed by atoms with Gasteiger partial charge < -0.3 is 15.2 Å². The summed E-state index contributed by atoms with van der Waals surface area (Å²) >= 11 is 0. The number of aromatic nitrogens is 3. The summed E-state index contributed by atoms with van der Waals surface area (Å²) in [5.74, 6) is 1.47. The maximum Gasteiger partial charge on any atom is 0.229 e. The van der Waals surface area contributed by atoms with Crippen molar-refractivity contribution in [2.45, 2.75) is 19.8 Å². The summed E-state index contributed by atoms with van der Waals surface area (Å²) in [6.45, 7) is 1.99. The number of aryl methyl sites for hydroxylation is 2. The fraction of sp³-hybridized carbons (Fsp3) is 0.167. The Balaban J connectivity index is 1.62. The molecular weight excluding hydrogens is 302 g/mol. The third kappa shape index (κ3) is 2.74. The summed E-state index contributed by atoms with van der Waals surface area (Å²) in [4.78, 5) is 20.4. The average molecular weight is 319 g/mol. The van der Waals surface area contributed by atoms with Crippen LogP contribution >= 0.6 is 0 Å². The fourth-order valence-electron chi connectivity index (χ4n) is 2.82. The number of anilines is 3. The van der Waals surface area contributed by atoms with E-state index in [0.717, 1.165) is 34.7 Å². The van der Waals surface area contributed by atoms with Gasteiger partial charge in [-0.25, -0.2) is 4.98 Å². The molecule has 0 saturated heterocycles. The summed E-state index contributed by atoms with van der Waals surface area (Å²) in [6, 6.07) is 9.80. The number of carbonyl (C=O) groups is 1. The predicted octanol–water partition coefficient (Wildman–Crippen LogP) is 3.20. The van der Waals surface area contributed by atoms with E-state index in [0.29, 0.717) is 12.4 Å². The van der Waals surface area contributed by atoms with Crippen LogP contribution in [0.4, 0.5) is 17.3 Å². The van der Waals surface area contributed by atoms with Crippen LogP contribution in [-0.2, 0) is 11.2 Å². The van der Waals surface area contributed by atoms with E-state index in [4.69, 9.17) is 0 Å². The van der Waals surface area contributed by atoms with Gasteiger partial charge in [-0.15, -0.1) is 0 Å². The van der Waals surface area contributed by atoms with E-state index in [1.807, 2.05) is 60.4 Å². The molecule has 0 atom stereocenters. The van der Waals surface area contributed by atoms with Gasteiger partial charge in [-0.05, 0) is 49.2 Å². The molecule has 0 saturated carbocycles. The lowest BCUT2D eigenvalue weighted by molar-refractivity contribution is -0.116. The van der Waals surface area contributed by atoms with E-state index in [2.05, 4.69) is 20.6 Å². The molecule has 3 heterocycles. The minimum atomic E-state index is 0.0708. The highest BCUT2D eigenvalue weighted by atomic mass is 16.1. The molecule has 4 rings (SSSR count). The maximum absolute atomic E-state index is 11.4. The van der Waals surface area contributed by atoms with Crippen LogP contribution < -0.4 is 10.6 Å². The predicted molar refractivity (Wildman–Crippen MR) is 92.8 cm³/mol. The number of fused-ring (bicyclic) bond motifs is 1. The molecule has 0 spiro atoms. The van der Waals surface area contributed by atoms with E-state index in [1.54, 1.807) is 0 Å². The molecule has 0 radical (unpaired) electrons. The Morgan fingerprint density at radius 3 is 2.88 bits per heavy atom. The van der Waals surface area contributed by atoms with Gasteiger partial charge in [-0.3, -0.25) is 4.79 Å². The molecular formula is C18H17N5O. The van der Waals surface area contributed by atoms with Crippen LogP contribution in [0.1, 0.15) is 17.5 Å². The van der Waals surface area contributed by atoms with E-state index in [9.17, 15) is 4.79 Å². The molecule has 120 valence electrons. The molecule has 1 aliphatic heterocycles. The van der Waals surface area contributed by atoms with Gasteiger partial charge in [0.25, 0.3) is 0 Å². The van der Waals surface area contributed by atoms with Gasteiger partial charge in [-0.2, -0.15) is 4.98 Å². The number of nitrogens with one attached hydrogen (secondary N) is 2. The smallest absolute Gasteiger partial charge is 0.229 e. The molecule has 24 heavy (non-hydrogen) atoms. The highest BCUT2D eigenvalue weighted by Gasteiger charge is 2.15. The van der Waals surface area contributed by atoms with Crippen LogP contribution in [0.5, 0.6) is 0 Å². The number of benzene rings is 1. The van der Waals surface area contributed by atoms with Crippen molar-refractivity contribution in [1.29, 1.82) is 0 Å². The highest BCUT2D eigenvalue weighted by molar-refractivity contribution is 5.94. The third-order valence-corrected chi connectivity index (χ3v) is 4.05. The maximum atomic E-state index is 11.4. The monoisotopic (exact) mass is 319 g/mol. The molecule has 1 aromatic carbocycles. The Labute approximate surface area is 139 Å². The van der Waals surface area contributed by atoms with Gasteiger partial charge in [-0.1, -0.05) is 0 Å². The summed E-state index contributed by atoms with van der Waals surface area (Å²) in [7, 11) is 0. The topological polar surface area (TPSA) is 71.8 Å². The van der Waals surface area contributed by atoms with Gasteiger partial charge in [0.2, 0.25) is 11.9 Å². The van der Waals surface area contributed by atoms with Gasteiger partial charge in [0.15, 0.2) is 0 Å². The first-order valence-corrected chi connectivity index (χ1v) is 7.86. The van der Waals surface area contributed by atoms with Crippen LogP contribution in [0.15, 0.2) is 48.9 Å². The van der Waals surface area contributed by atoms with E-state index >= 15 is 0 Å². The third-order valence-electron chi connectivity index (χ3n) is 4.05. The SMILES string of the molecule is Cc1cnc(Nc2ccc3c(c2)CCC(=O)N3)nc1-n1cccc1. The number of rotatable bonds is 3. The molecule has 3 aromatic rings. The molecule has 6 heteroatoms. The lowest BCUT2D eigenvalue weighted by atomic mass is 10.0. The zero-order valence-electron chi connectivity index (χ0n) is 13.3. The summed E-state index contributed by atoms with van der Waals surface area (Å²) in [6.07, 6.45) is 7.00. The van der Waals surface area contributed by atoms with Crippen molar-refractivity contribution in [2.75, 3.05) is 10.6 Å². The summed E-state index contributed by atoms with van der Waals surface area (Å²) < 4.78 is 1.96. The van der Waals surface area contributed by atoms with Gasteiger partial charge >= 0.3 is 0 Å². The standard InChI is InChI=1S/C18H17N5O/c1-12-11-19-18(22-17(12)23-8-2-3-9-23)20-14-5-6-15-13(10-14)4-7-16(24)21-15/h2-3,5-6,8-11H,4,7H2,1H3,(H,21,24)(H,19,20,22). The van der Waals surface area contributed by atoms with Gasteiger partial charge in [0.05, 0.1) is 0 Å². The molecule has 0 bridgehead atoms. The quantitative estimate of drug-likeness (QED) is 0.777. The lowest BCUT2D eigenvalue weighted by Crippen LogP contribution is -2.18. The van der Waals surface area contributed by atoms with Crippen LogP contribution in [0, 0.1) is 6.92 Å². The second kappa shape index (κ2) is 5.81. The van der Waals surface area contributed by atoms with E-state index in [-0.39, 0.29) is 5.91 Å². The second-order valence-electron chi connectivity index (χ2n) is 5.84. The normalized spacial score (nSPS) is 13.3. The summed E-state index contributed by atoms with van der Waals surface area (Å²) in [5, 5.41) is 6.13. The lowest BCUT2D eigenvalue weighted by Gasteiger charge is -2.18. The first-order valence-electron chi connectivity index (χ1n) is 7.86. The summed E-state index contributed by atoms with van der Waals surface area (Å²) in [5.41, 5.74) is 3.92. The van der Waals surface area contributed by atoms with Gasteiger partial charge in [0, 0.05) is 41.9 Å². The number of hydrogen-bond donors (Lipinski definition) is 2. The first-order chi connectivity index (χ1) is 11.7.